The first-order valence-corrected chi connectivity index (χ1v) is 4.20. The third-order valence-electron chi connectivity index (χ3n) is 1.96. The van der Waals surface area contributed by atoms with Crippen molar-refractivity contribution in [2.75, 3.05) is 13.2 Å². The van der Waals surface area contributed by atoms with Crippen LogP contribution in [0.2, 0.25) is 0 Å². The van der Waals surface area contributed by atoms with Gasteiger partial charge in [-0.3, -0.25) is 4.79 Å². The predicted molar refractivity (Wildman–Crippen MR) is 45.5 cm³/mol. The second-order valence-corrected chi connectivity index (χ2v) is 3.14. The highest BCUT2D eigenvalue weighted by molar-refractivity contribution is 5.82. The summed E-state index contributed by atoms with van der Waals surface area (Å²) in [6.45, 7) is 8.84. The standard InChI is InChI=1S/C9H18O2/c1-5-11-6-9(10)8(4)7(2)3/h7-8H,5-6H2,1-4H3. The highest BCUT2D eigenvalue weighted by atomic mass is 16.5. The monoisotopic (exact) mass is 158 g/mol. The van der Waals surface area contributed by atoms with Crippen LogP contribution in [0.5, 0.6) is 0 Å². The Morgan fingerprint density at radius 2 is 1.91 bits per heavy atom. The fraction of sp³-hybridized carbons (Fsp3) is 0.889. The number of hydrogen-bond donors (Lipinski definition) is 0. The van der Waals surface area contributed by atoms with Gasteiger partial charge in [0.15, 0.2) is 5.78 Å². The van der Waals surface area contributed by atoms with Gasteiger partial charge in [-0.05, 0) is 12.8 Å². The molecule has 0 heterocycles. The molecule has 66 valence electrons. The Balaban J connectivity index is 3.64. The lowest BCUT2D eigenvalue weighted by Gasteiger charge is -2.13. The van der Waals surface area contributed by atoms with Crippen LogP contribution in [0.25, 0.3) is 0 Å². The normalized spacial score (nSPS) is 13.5. The maximum atomic E-state index is 11.2. The fourth-order valence-electron chi connectivity index (χ4n) is 0.706. The molecule has 2 nitrogen and oxygen atoms in total. The van der Waals surface area contributed by atoms with Crippen LogP contribution in [-0.2, 0) is 9.53 Å². The second kappa shape index (κ2) is 5.30. The zero-order valence-electron chi connectivity index (χ0n) is 7.89. The number of rotatable bonds is 5. The Morgan fingerprint density at radius 1 is 1.36 bits per heavy atom. The zero-order valence-corrected chi connectivity index (χ0v) is 7.89. The van der Waals surface area contributed by atoms with E-state index in [0.29, 0.717) is 12.5 Å². The molecule has 0 aromatic heterocycles. The number of Topliss-reactive ketones (excluding diaryl/α,β-unsaturated/α-hetero) is 1. The van der Waals surface area contributed by atoms with Gasteiger partial charge in [0, 0.05) is 12.5 Å². The van der Waals surface area contributed by atoms with Crippen molar-refractivity contribution in [2.45, 2.75) is 27.7 Å². The van der Waals surface area contributed by atoms with Gasteiger partial charge >= 0.3 is 0 Å². The minimum absolute atomic E-state index is 0.126. The molecule has 0 aromatic carbocycles. The van der Waals surface area contributed by atoms with Crippen LogP contribution in [-0.4, -0.2) is 19.0 Å². The van der Waals surface area contributed by atoms with Crippen molar-refractivity contribution in [3.8, 4) is 0 Å². The highest BCUT2D eigenvalue weighted by Crippen LogP contribution is 2.10. The molecule has 0 aliphatic heterocycles. The number of ether oxygens (including phenoxy) is 1. The number of hydrogen-bond acceptors (Lipinski definition) is 2. The lowest BCUT2D eigenvalue weighted by Crippen LogP contribution is -2.21. The largest absolute Gasteiger partial charge is 0.374 e. The van der Waals surface area contributed by atoms with Gasteiger partial charge < -0.3 is 4.74 Å². The van der Waals surface area contributed by atoms with Gasteiger partial charge in [0.2, 0.25) is 0 Å². The van der Waals surface area contributed by atoms with Crippen molar-refractivity contribution in [3.05, 3.63) is 0 Å². The van der Waals surface area contributed by atoms with E-state index in [4.69, 9.17) is 4.74 Å². The predicted octanol–water partition coefficient (Wildman–Crippen LogP) is 1.88. The fourth-order valence-corrected chi connectivity index (χ4v) is 0.706. The smallest absolute Gasteiger partial charge is 0.161 e. The Hall–Kier alpha value is -0.370. The Labute approximate surface area is 68.9 Å². The molecular weight excluding hydrogens is 140 g/mol. The summed E-state index contributed by atoms with van der Waals surface area (Å²) in [5.41, 5.74) is 0. The molecule has 0 radical (unpaired) electrons. The van der Waals surface area contributed by atoms with E-state index in [1.54, 1.807) is 0 Å². The van der Waals surface area contributed by atoms with Crippen molar-refractivity contribution >= 4 is 5.78 Å². The van der Waals surface area contributed by atoms with Crippen molar-refractivity contribution < 1.29 is 9.53 Å². The molecule has 0 aromatic rings. The van der Waals surface area contributed by atoms with Crippen molar-refractivity contribution in [1.82, 2.24) is 0 Å². The summed E-state index contributed by atoms with van der Waals surface area (Å²) in [7, 11) is 0. The van der Waals surface area contributed by atoms with E-state index in [1.807, 2.05) is 13.8 Å². The molecule has 1 atom stereocenters. The van der Waals surface area contributed by atoms with Crippen molar-refractivity contribution in [3.63, 3.8) is 0 Å². The molecule has 0 bridgehead atoms. The SMILES string of the molecule is CCOCC(=O)C(C)C(C)C. The van der Waals surface area contributed by atoms with Gasteiger partial charge in [0.1, 0.15) is 6.61 Å². The molecule has 0 spiro atoms. The first kappa shape index (κ1) is 10.6. The third-order valence-corrected chi connectivity index (χ3v) is 1.96. The average molecular weight is 158 g/mol. The summed E-state index contributed by atoms with van der Waals surface area (Å²) in [5, 5.41) is 0. The molecule has 2 heteroatoms. The average Bonchev–Trinajstić information content (AvgIpc) is 1.98. The van der Waals surface area contributed by atoms with E-state index in [0.717, 1.165) is 0 Å². The molecule has 0 amide bonds. The Kier molecular flexibility index (Phi) is 5.12. The molecule has 0 rings (SSSR count). The molecular formula is C9H18O2. The Bertz CT molecular complexity index is 119. The van der Waals surface area contributed by atoms with Crippen molar-refractivity contribution in [2.24, 2.45) is 11.8 Å². The molecule has 11 heavy (non-hydrogen) atoms. The van der Waals surface area contributed by atoms with Gasteiger partial charge in [0.05, 0.1) is 0 Å². The molecule has 0 fully saturated rings. The van der Waals surface area contributed by atoms with Crippen molar-refractivity contribution in [1.29, 1.82) is 0 Å². The molecule has 1 unspecified atom stereocenters. The van der Waals surface area contributed by atoms with E-state index >= 15 is 0 Å². The quantitative estimate of drug-likeness (QED) is 0.610. The maximum absolute atomic E-state index is 11.2. The van der Waals surface area contributed by atoms with Crippen LogP contribution >= 0.6 is 0 Å². The second-order valence-electron chi connectivity index (χ2n) is 3.14. The van der Waals surface area contributed by atoms with Crippen LogP contribution in [0.1, 0.15) is 27.7 Å². The summed E-state index contributed by atoms with van der Waals surface area (Å²) in [4.78, 5) is 11.2. The van der Waals surface area contributed by atoms with E-state index in [-0.39, 0.29) is 18.3 Å². The molecule has 0 saturated carbocycles. The van der Waals surface area contributed by atoms with Crippen LogP contribution in [0.15, 0.2) is 0 Å². The topological polar surface area (TPSA) is 26.3 Å². The minimum Gasteiger partial charge on any atom is -0.374 e. The van der Waals surface area contributed by atoms with E-state index in [1.165, 1.54) is 0 Å². The molecule has 0 N–H and O–H groups in total. The van der Waals surface area contributed by atoms with Gasteiger partial charge in [-0.15, -0.1) is 0 Å². The first-order chi connectivity index (χ1) is 5.09. The van der Waals surface area contributed by atoms with Crippen LogP contribution in [0, 0.1) is 11.8 Å². The van der Waals surface area contributed by atoms with E-state index in [2.05, 4.69) is 13.8 Å². The summed E-state index contributed by atoms with van der Waals surface area (Å²) >= 11 is 0. The van der Waals surface area contributed by atoms with Gasteiger partial charge in [-0.2, -0.15) is 0 Å². The summed E-state index contributed by atoms with van der Waals surface area (Å²) in [6, 6.07) is 0. The third kappa shape index (κ3) is 4.14. The lowest BCUT2D eigenvalue weighted by molar-refractivity contribution is -0.128. The van der Waals surface area contributed by atoms with Gasteiger partial charge in [-0.1, -0.05) is 20.8 Å². The number of carbonyl (C=O) groups is 1. The lowest BCUT2D eigenvalue weighted by atomic mass is 9.94. The summed E-state index contributed by atoms with van der Waals surface area (Å²) in [6.07, 6.45) is 0. The van der Waals surface area contributed by atoms with Crippen LogP contribution in [0.3, 0.4) is 0 Å². The Morgan fingerprint density at radius 3 is 2.27 bits per heavy atom. The number of carbonyl (C=O) groups excluding carboxylic acids is 1. The zero-order chi connectivity index (χ0) is 8.85. The highest BCUT2D eigenvalue weighted by Gasteiger charge is 2.15. The maximum Gasteiger partial charge on any atom is 0.161 e. The molecule has 0 aliphatic rings. The van der Waals surface area contributed by atoms with E-state index in [9.17, 15) is 4.79 Å². The molecule has 0 saturated heterocycles. The minimum atomic E-state index is 0.126. The first-order valence-electron chi connectivity index (χ1n) is 4.20. The summed E-state index contributed by atoms with van der Waals surface area (Å²) in [5.74, 6) is 0.756. The van der Waals surface area contributed by atoms with E-state index < -0.39 is 0 Å². The van der Waals surface area contributed by atoms with Gasteiger partial charge in [0.25, 0.3) is 0 Å². The van der Waals surface area contributed by atoms with Crippen LogP contribution in [0.4, 0.5) is 0 Å². The molecule has 0 aliphatic carbocycles. The summed E-state index contributed by atoms with van der Waals surface area (Å²) < 4.78 is 5.02. The number of ketones is 1. The van der Waals surface area contributed by atoms with Crippen LogP contribution < -0.4 is 0 Å². The van der Waals surface area contributed by atoms with Gasteiger partial charge in [-0.25, -0.2) is 0 Å².